The van der Waals surface area contributed by atoms with Crippen molar-refractivity contribution in [3.05, 3.63) is 35.4 Å². The molecule has 0 saturated heterocycles. The largest absolute Gasteiger partial charge is 0.322 e. The van der Waals surface area contributed by atoms with Crippen LogP contribution in [0.3, 0.4) is 0 Å². The van der Waals surface area contributed by atoms with E-state index in [0.717, 1.165) is 5.56 Å². The van der Waals surface area contributed by atoms with Gasteiger partial charge in [0.15, 0.2) is 0 Å². The molecule has 1 aromatic carbocycles. The van der Waals surface area contributed by atoms with E-state index in [-0.39, 0.29) is 5.54 Å². The summed E-state index contributed by atoms with van der Waals surface area (Å²) in [4.78, 5) is 0. The van der Waals surface area contributed by atoms with Gasteiger partial charge in [0.2, 0.25) is 0 Å². The Balaban J connectivity index is 3.14. The molecule has 1 aromatic rings. The number of benzene rings is 1. The van der Waals surface area contributed by atoms with Crippen molar-refractivity contribution in [2.24, 2.45) is 5.73 Å². The number of aryl methyl sites for hydroxylation is 1. The number of hydrogen-bond acceptors (Lipinski definition) is 1. The Bertz CT molecular complexity index is 245. The Kier molecular flexibility index (Phi) is 2.01. The minimum atomic E-state index is -0.272. The van der Waals surface area contributed by atoms with Gasteiger partial charge in [-0.15, -0.1) is 0 Å². The summed E-state index contributed by atoms with van der Waals surface area (Å²) in [6.45, 7) is 6.04. The fraction of sp³-hybridized carbons (Fsp3) is 0.400. The van der Waals surface area contributed by atoms with E-state index < -0.39 is 0 Å². The summed E-state index contributed by atoms with van der Waals surface area (Å²) < 4.78 is 0. The smallest absolute Gasteiger partial charge is 0.0361 e. The Hall–Kier alpha value is -0.820. The van der Waals surface area contributed by atoms with Crippen LogP contribution < -0.4 is 5.73 Å². The normalized spacial score (nSPS) is 11.6. The second-order valence-electron chi connectivity index (χ2n) is 3.45. The summed E-state index contributed by atoms with van der Waals surface area (Å²) in [5, 5.41) is 0. The van der Waals surface area contributed by atoms with Gasteiger partial charge < -0.3 is 5.73 Å². The van der Waals surface area contributed by atoms with Crippen LogP contribution in [0.1, 0.15) is 25.0 Å². The Morgan fingerprint density at radius 1 is 1.45 bits per heavy atom. The van der Waals surface area contributed by atoms with Gasteiger partial charge in [0.1, 0.15) is 0 Å². The van der Waals surface area contributed by atoms with Crippen molar-refractivity contribution < 1.29 is 0 Å². The Morgan fingerprint density at radius 3 is 2.45 bits per heavy atom. The fourth-order valence-electron chi connectivity index (χ4n) is 1.22. The van der Waals surface area contributed by atoms with Crippen molar-refractivity contribution in [3.63, 3.8) is 0 Å². The van der Waals surface area contributed by atoms with Gasteiger partial charge in [-0.1, -0.05) is 18.2 Å². The number of hydrogen-bond donors (Lipinski definition) is 1. The minimum absolute atomic E-state index is 0.272. The van der Waals surface area contributed by atoms with Gasteiger partial charge in [0, 0.05) is 5.54 Å². The van der Waals surface area contributed by atoms with E-state index in [0.29, 0.717) is 0 Å². The molecular weight excluding hydrogens is 134 g/mol. The van der Waals surface area contributed by atoms with E-state index in [1.165, 1.54) is 5.56 Å². The lowest BCUT2D eigenvalue weighted by Crippen LogP contribution is -2.29. The highest BCUT2D eigenvalue weighted by molar-refractivity contribution is 5.29. The number of rotatable bonds is 1. The third kappa shape index (κ3) is 1.81. The molecule has 0 aliphatic heterocycles. The molecule has 0 unspecified atom stereocenters. The lowest BCUT2D eigenvalue weighted by atomic mass is 9.92. The molecule has 0 aliphatic rings. The predicted molar refractivity (Wildman–Crippen MR) is 47.2 cm³/mol. The van der Waals surface area contributed by atoms with Crippen LogP contribution in [0, 0.1) is 13.0 Å². The molecule has 0 aromatic heterocycles. The molecule has 1 nitrogen and oxygen atoms in total. The van der Waals surface area contributed by atoms with E-state index in [1.807, 2.05) is 26.0 Å². The van der Waals surface area contributed by atoms with Crippen LogP contribution in [0.15, 0.2) is 18.2 Å². The zero-order valence-corrected chi connectivity index (χ0v) is 7.31. The van der Waals surface area contributed by atoms with E-state index in [1.54, 1.807) is 0 Å². The SMILES string of the molecule is Cc1ccc[c]c1C(C)(C)N. The molecule has 0 fully saturated rings. The predicted octanol–water partition coefficient (Wildman–Crippen LogP) is 1.99. The first-order valence-electron chi connectivity index (χ1n) is 3.78. The van der Waals surface area contributed by atoms with Gasteiger partial charge in [-0.05, 0) is 38.0 Å². The van der Waals surface area contributed by atoms with Gasteiger partial charge in [0.25, 0.3) is 0 Å². The molecule has 59 valence electrons. The molecule has 0 spiro atoms. The maximum Gasteiger partial charge on any atom is 0.0361 e. The summed E-state index contributed by atoms with van der Waals surface area (Å²) >= 11 is 0. The van der Waals surface area contributed by atoms with Crippen LogP contribution in [-0.4, -0.2) is 0 Å². The standard InChI is InChI=1S/C10H14N/c1-8-6-4-5-7-9(8)10(2,3)11/h4-6H,11H2,1-3H3. The average Bonchev–Trinajstić information content (AvgIpc) is 1.86. The molecule has 0 heterocycles. The van der Waals surface area contributed by atoms with Crippen LogP contribution in [0.25, 0.3) is 0 Å². The second kappa shape index (κ2) is 2.67. The van der Waals surface area contributed by atoms with Crippen LogP contribution in [0.2, 0.25) is 0 Å². The Morgan fingerprint density at radius 2 is 2.09 bits per heavy atom. The zero-order valence-electron chi connectivity index (χ0n) is 7.31. The van der Waals surface area contributed by atoms with Crippen molar-refractivity contribution in [2.45, 2.75) is 26.3 Å². The molecule has 0 atom stereocenters. The second-order valence-corrected chi connectivity index (χ2v) is 3.45. The maximum absolute atomic E-state index is 5.93. The van der Waals surface area contributed by atoms with Crippen molar-refractivity contribution in [3.8, 4) is 0 Å². The van der Waals surface area contributed by atoms with Gasteiger partial charge >= 0.3 is 0 Å². The highest BCUT2D eigenvalue weighted by Crippen LogP contribution is 2.19. The average molecular weight is 148 g/mol. The molecule has 1 heteroatoms. The maximum atomic E-state index is 5.93. The van der Waals surface area contributed by atoms with Crippen LogP contribution in [0.5, 0.6) is 0 Å². The van der Waals surface area contributed by atoms with Crippen molar-refractivity contribution >= 4 is 0 Å². The first kappa shape index (κ1) is 8.28. The molecule has 1 rings (SSSR count). The lowest BCUT2D eigenvalue weighted by molar-refractivity contribution is 0.550. The van der Waals surface area contributed by atoms with Crippen LogP contribution in [0.4, 0.5) is 0 Å². The van der Waals surface area contributed by atoms with E-state index in [4.69, 9.17) is 5.73 Å². The molecule has 1 radical (unpaired) electrons. The van der Waals surface area contributed by atoms with E-state index >= 15 is 0 Å². The fourth-order valence-corrected chi connectivity index (χ4v) is 1.22. The van der Waals surface area contributed by atoms with E-state index in [9.17, 15) is 0 Å². The first-order chi connectivity index (χ1) is 5.02. The molecular formula is C10H14N. The van der Waals surface area contributed by atoms with Gasteiger partial charge in [-0.2, -0.15) is 0 Å². The van der Waals surface area contributed by atoms with Gasteiger partial charge in [-0.3, -0.25) is 0 Å². The van der Waals surface area contributed by atoms with Gasteiger partial charge in [0.05, 0.1) is 0 Å². The summed E-state index contributed by atoms with van der Waals surface area (Å²) in [6.07, 6.45) is 0. The van der Waals surface area contributed by atoms with Crippen molar-refractivity contribution in [1.82, 2.24) is 0 Å². The lowest BCUT2D eigenvalue weighted by Gasteiger charge is -2.20. The molecule has 0 saturated carbocycles. The van der Waals surface area contributed by atoms with Gasteiger partial charge in [-0.25, -0.2) is 0 Å². The third-order valence-corrected chi connectivity index (χ3v) is 1.71. The summed E-state index contributed by atoms with van der Waals surface area (Å²) in [7, 11) is 0. The van der Waals surface area contributed by atoms with Crippen LogP contribution in [-0.2, 0) is 5.54 Å². The summed E-state index contributed by atoms with van der Waals surface area (Å²) in [6, 6.07) is 9.08. The van der Waals surface area contributed by atoms with Crippen LogP contribution >= 0.6 is 0 Å². The molecule has 11 heavy (non-hydrogen) atoms. The molecule has 0 aliphatic carbocycles. The quantitative estimate of drug-likeness (QED) is 0.647. The minimum Gasteiger partial charge on any atom is -0.322 e. The Labute approximate surface area is 68.2 Å². The van der Waals surface area contributed by atoms with Crippen molar-refractivity contribution in [2.75, 3.05) is 0 Å². The number of nitrogens with two attached hydrogens (primary N) is 1. The first-order valence-corrected chi connectivity index (χ1v) is 3.78. The zero-order chi connectivity index (χ0) is 8.48. The summed E-state index contributed by atoms with van der Waals surface area (Å²) in [5.41, 5.74) is 7.96. The summed E-state index contributed by atoms with van der Waals surface area (Å²) in [5.74, 6) is 0. The monoisotopic (exact) mass is 148 g/mol. The molecule has 2 N–H and O–H groups in total. The third-order valence-electron chi connectivity index (χ3n) is 1.71. The van der Waals surface area contributed by atoms with Crippen molar-refractivity contribution in [1.29, 1.82) is 0 Å². The molecule has 0 bridgehead atoms. The topological polar surface area (TPSA) is 26.0 Å². The molecule has 0 amide bonds. The van der Waals surface area contributed by atoms with E-state index in [2.05, 4.69) is 19.1 Å². The highest BCUT2D eigenvalue weighted by Gasteiger charge is 2.15. The highest BCUT2D eigenvalue weighted by atomic mass is 14.7.